The maximum Gasteiger partial charge on any atom is 0.347 e. The van der Waals surface area contributed by atoms with Crippen molar-refractivity contribution in [3.63, 3.8) is 0 Å². The van der Waals surface area contributed by atoms with Crippen LogP contribution in [0.1, 0.15) is 49.2 Å². The average molecular weight is 458 g/mol. The van der Waals surface area contributed by atoms with E-state index in [0.717, 1.165) is 13.8 Å². The Morgan fingerprint density at radius 3 is 1.94 bits per heavy atom. The molecule has 0 aromatic heterocycles. The summed E-state index contributed by atoms with van der Waals surface area (Å²) in [6, 6.07) is 7.08. The molecule has 0 aliphatic rings. The molecule has 0 saturated carbocycles. The lowest BCUT2D eigenvalue weighted by molar-refractivity contribution is -0.142. The summed E-state index contributed by atoms with van der Waals surface area (Å²) in [4.78, 5) is 58.9. The predicted molar refractivity (Wildman–Crippen MR) is 112 cm³/mol. The summed E-state index contributed by atoms with van der Waals surface area (Å²) in [7, 11) is 0. The molecule has 0 spiro atoms. The molecular weight excluding hydrogens is 436 g/mol. The Morgan fingerprint density at radius 2 is 1.36 bits per heavy atom. The van der Waals surface area contributed by atoms with Crippen LogP contribution >= 0.6 is 0 Å². The summed E-state index contributed by atoms with van der Waals surface area (Å²) in [6.45, 7) is 5.90. The first kappa shape index (κ1) is 25.1. The van der Waals surface area contributed by atoms with E-state index >= 15 is 0 Å². The minimum atomic E-state index is -0.934. The lowest BCUT2D eigenvalue weighted by atomic mass is 10.1. The Kier molecular flexibility index (Phi) is 8.27. The minimum absolute atomic E-state index is 0.0298. The van der Waals surface area contributed by atoms with Crippen LogP contribution in [0.3, 0.4) is 0 Å². The van der Waals surface area contributed by atoms with Crippen molar-refractivity contribution in [1.29, 1.82) is 0 Å². The maximum absolute atomic E-state index is 13.0. The van der Waals surface area contributed by atoms with Crippen LogP contribution in [0, 0.1) is 6.92 Å². The van der Waals surface area contributed by atoms with E-state index in [9.17, 15) is 24.0 Å². The average Bonchev–Trinajstić information content (AvgIpc) is 2.67. The van der Waals surface area contributed by atoms with Gasteiger partial charge in [0.25, 0.3) is 0 Å². The van der Waals surface area contributed by atoms with E-state index in [2.05, 4.69) is 0 Å². The first-order valence-electron chi connectivity index (χ1n) is 9.65. The van der Waals surface area contributed by atoms with Crippen LogP contribution in [0.2, 0.25) is 0 Å². The van der Waals surface area contributed by atoms with Gasteiger partial charge in [-0.3, -0.25) is 19.2 Å². The highest BCUT2D eigenvalue weighted by atomic mass is 16.6. The van der Waals surface area contributed by atoms with Gasteiger partial charge in [-0.1, -0.05) is 12.1 Å². The topological polar surface area (TPSA) is 132 Å². The third-order valence-corrected chi connectivity index (χ3v) is 3.94. The summed E-state index contributed by atoms with van der Waals surface area (Å²) < 4.78 is 25.8. The van der Waals surface area contributed by atoms with Crippen LogP contribution < -0.4 is 18.9 Å². The van der Waals surface area contributed by atoms with Gasteiger partial charge in [-0.05, 0) is 24.6 Å². The number of hydrogen-bond donors (Lipinski definition) is 0. The van der Waals surface area contributed by atoms with Gasteiger partial charge in [0, 0.05) is 39.3 Å². The molecule has 0 saturated heterocycles. The number of rotatable bonds is 7. The third-order valence-electron chi connectivity index (χ3n) is 3.94. The van der Waals surface area contributed by atoms with Crippen LogP contribution in [-0.2, 0) is 30.5 Å². The summed E-state index contributed by atoms with van der Waals surface area (Å²) in [5.41, 5.74) is 0.511. The normalized spacial score (nSPS) is 10.1. The van der Waals surface area contributed by atoms with Gasteiger partial charge in [0.1, 0.15) is 23.7 Å². The largest absolute Gasteiger partial charge is 0.461 e. The molecule has 0 N–H and O–H groups in total. The Balaban J connectivity index is 2.59. The van der Waals surface area contributed by atoms with Crippen molar-refractivity contribution in [3.8, 4) is 23.0 Å². The molecule has 10 nitrogen and oxygen atoms in total. The van der Waals surface area contributed by atoms with Crippen LogP contribution in [0.5, 0.6) is 23.0 Å². The van der Waals surface area contributed by atoms with Gasteiger partial charge in [0.15, 0.2) is 11.5 Å². The Labute approximate surface area is 189 Å². The fourth-order valence-electron chi connectivity index (χ4n) is 2.77. The smallest absolute Gasteiger partial charge is 0.347 e. The molecule has 0 amide bonds. The second kappa shape index (κ2) is 10.9. The van der Waals surface area contributed by atoms with Crippen molar-refractivity contribution in [2.24, 2.45) is 0 Å². The molecule has 0 atom stereocenters. The predicted octanol–water partition coefficient (Wildman–Crippen LogP) is 3.05. The van der Waals surface area contributed by atoms with Crippen molar-refractivity contribution < 1.29 is 47.7 Å². The van der Waals surface area contributed by atoms with E-state index in [1.165, 1.54) is 32.0 Å². The Morgan fingerprint density at radius 1 is 0.727 bits per heavy atom. The molecule has 2 aromatic carbocycles. The minimum Gasteiger partial charge on any atom is -0.461 e. The number of ether oxygens (including phenoxy) is 5. The van der Waals surface area contributed by atoms with Crippen LogP contribution in [0.25, 0.3) is 0 Å². The zero-order valence-corrected chi connectivity index (χ0v) is 18.7. The van der Waals surface area contributed by atoms with Crippen molar-refractivity contribution in [1.82, 2.24) is 0 Å². The first-order chi connectivity index (χ1) is 15.5. The molecule has 0 unspecified atom stereocenters. The molecule has 174 valence electrons. The molecule has 10 heteroatoms. The van der Waals surface area contributed by atoms with Crippen molar-refractivity contribution >= 4 is 29.8 Å². The fraction of sp³-hybridized carbons (Fsp3) is 0.261. The van der Waals surface area contributed by atoms with Crippen LogP contribution in [0.15, 0.2) is 30.3 Å². The van der Waals surface area contributed by atoms with Crippen molar-refractivity contribution in [2.75, 3.05) is 0 Å². The number of carbonyl (C=O) groups excluding carboxylic acids is 5. The molecule has 0 bridgehead atoms. The molecule has 0 heterocycles. The monoisotopic (exact) mass is 458 g/mol. The summed E-state index contributed by atoms with van der Waals surface area (Å²) >= 11 is 0. The number of carbonyl (C=O) groups is 5. The van der Waals surface area contributed by atoms with Gasteiger partial charge in [0.2, 0.25) is 0 Å². The summed E-state index contributed by atoms with van der Waals surface area (Å²) in [6.07, 6.45) is 0. The summed E-state index contributed by atoms with van der Waals surface area (Å²) in [5.74, 6) is -4.18. The molecule has 2 aromatic rings. The number of hydrogen-bond acceptors (Lipinski definition) is 10. The van der Waals surface area contributed by atoms with Crippen molar-refractivity contribution in [3.05, 3.63) is 47.0 Å². The van der Waals surface area contributed by atoms with E-state index in [1.807, 2.05) is 0 Å². The SMILES string of the molecule is CC(=O)OCc1cc(OC(C)=O)cc(OC(=O)c2c(C)cccc2OC(C)=O)c1OC(C)=O. The lowest BCUT2D eigenvalue weighted by Crippen LogP contribution is -2.16. The highest BCUT2D eigenvalue weighted by Crippen LogP contribution is 2.38. The van der Waals surface area contributed by atoms with E-state index in [1.54, 1.807) is 19.1 Å². The van der Waals surface area contributed by atoms with E-state index in [4.69, 9.17) is 23.7 Å². The third kappa shape index (κ3) is 7.17. The molecule has 0 radical (unpaired) electrons. The number of aryl methyl sites for hydroxylation is 1. The van der Waals surface area contributed by atoms with Crippen LogP contribution in [0.4, 0.5) is 0 Å². The van der Waals surface area contributed by atoms with E-state index in [0.29, 0.717) is 5.56 Å². The van der Waals surface area contributed by atoms with Gasteiger partial charge in [-0.25, -0.2) is 4.79 Å². The fourth-order valence-corrected chi connectivity index (χ4v) is 2.77. The standard InChI is InChI=1S/C23H22O10/c1-12-7-6-8-19(31-15(4)26)21(12)23(28)33-20-10-18(30-14(3)25)9-17(11-29-13(2)24)22(20)32-16(5)27/h6-10H,11H2,1-5H3. The maximum atomic E-state index is 13.0. The van der Waals surface area contributed by atoms with Gasteiger partial charge in [0.05, 0.1) is 0 Å². The molecule has 0 aliphatic carbocycles. The van der Waals surface area contributed by atoms with Gasteiger partial charge >= 0.3 is 29.8 Å². The van der Waals surface area contributed by atoms with Crippen molar-refractivity contribution in [2.45, 2.75) is 41.2 Å². The second-order valence-electron chi connectivity index (χ2n) is 6.81. The van der Waals surface area contributed by atoms with Gasteiger partial charge in [-0.15, -0.1) is 0 Å². The quantitative estimate of drug-likeness (QED) is 0.450. The summed E-state index contributed by atoms with van der Waals surface area (Å²) in [5, 5.41) is 0. The van der Waals surface area contributed by atoms with Gasteiger partial charge in [-0.2, -0.15) is 0 Å². The first-order valence-corrected chi connectivity index (χ1v) is 9.65. The zero-order valence-electron chi connectivity index (χ0n) is 18.7. The number of esters is 5. The lowest BCUT2D eigenvalue weighted by Gasteiger charge is -2.17. The van der Waals surface area contributed by atoms with E-state index in [-0.39, 0.29) is 40.7 Å². The molecule has 0 fully saturated rings. The highest BCUT2D eigenvalue weighted by molar-refractivity contribution is 5.96. The second-order valence-corrected chi connectivity index (χ2v) is 6.81. The Bertz CT molecular complexity index is 1120. The molecule has 33 heavy (non-hydrogen) atoms. The highest BCUT2D eigenvalue weighted by Gasteiger charge is 2.24. The molecule has 2 rings (SSSR count). The van der Waals surface area contributed by atoms with Gasteiger partial charge < -0.3 is 23.7 Å². The number of benzene rings is 2. The van der Waals surface area contributed by atoms with Crippen LogP contribution in [-0.4, -0.2) is 29.8 Å². The molecular formula is C23H22O10. The molecule has 0 aliphatic heterocycles. The Hall–Kier alpha value is -4.21. The zero-order chi connectivity index (χ0) is 24.7. The van der Waals surface area contributed by atoms with E-state index < -0.39 is 29.8 Å².